The van der Waals surface area contributed by atoms with Gasteiger partial charge in [-0.2, -0.15) is 0 Å². The molecule has 1 aliphatic carbocycles. The van der Waals surface area contributed by atoms with Gasteiger partial charge in [0.15, 0.2) is 0 Å². The third-order valence-electron chi connectivity index (χ3n) is 4.57. The largest absolute Gasteiger partial charge is 0.379 e. The molecule has 0 bridgehead atoms. The lowest BCUT2D eigenvalue weighted by molar-refractivity contribution is -0.135. The Morgan fingerprint density at radius 2 is 2.24 bits per heavy atom. The zero-order valence-electron chi connectivity index (χ0n) is 10.6. The Labute approximate surface area is 103 Å². The monoisotopic (exact) mass is 238 g/mol. The SMILES string of the molecule is CCC1NC2(CCCC2)C(=O)N1C1CCOC1. The van der Waals surface area contributed by atoms with Gasteiger partial charge in [-0.3, -0.25) is 10.1 Å². The van der Waals surface area contributed by atoms with Crippen molar-refractivity contribution in [2.75, 3.05) is 13.2 Å². The van der Waals surface area contributed by atoms with Gasteiger partial charge in [0.05, 0.1) is 24.4 Å². The van der Waals surface area contributed by atoms with Crippen LogP contribution in [-0.2, 0) is 9.53 Å². The Balaban J connectivity index is 1.83. The van der Waals surface area contributed by atoms with Gasteiger partial charge in [-0.1, -0.05) is 19.8 Å². The number of amides is 1. The van der Waals surface area contributed by atoms with Gasteiger partial charge in [-0.25, -0.2) is 0 Å². The van der Waals surface area contributed by atoms with E-state index in [1.165, 1.54) is 12.8 Å². The summed E-state index contributed by atoms with van der Waals surface area (Å²) in [6, 6.07) is 0.305. The van der Waals surface area contributed by atoms with Crippen molar-refractivity contribution in [3.05, 3.63) is 0 Å². The molecule has 1 saturated carbocycles. The molecule has 2 aliphatic heterocycles. The molecule has 3 aliphatic rings. The lowest BCUT2D eigenvalue weighted by atomic mass is 9.97. The second-order valence-electron chi connectivity index (χ2n) is 5.59. The number of rotatable bonds is 2. The van der Waals surface area contributed by atoms with Crippen LogP contribution in [0.4, 0.5) is 0 Å². The van der Waals surface area contributed by atoms with Gasteiger partial charge in [0.2, 0.25) is 5.91 Å². The van der Waals surface area contributed by atoms with Gasteiger partial charge in [-0.05, 0) is 25.7 Å². The average Bonchev–Trinajstić information content (AvgIpc) is 3.03. The molecule has 17 heavy (non-hydrogen) atoms. The zero-order valence-corrected chi connectivity index (χ0v) is 10.6. The fourth-order valence-corrected chi connectivity index (χ4v) is 3.64. The normalized spacial score (nSPS) is 36.3. The van der Waals surface area contributed by atoms with E-state index in [1.807, 2.05) is 0 Å². The molecule has 4 nitrogen and oxygen atoms in total. The molecule has 2 atom stereocenters. The van der Waals surface area contributed by atoms with E-state index in [0.717, 1.165) is 38.9 Å². The maximum atomic E-state index is 12.7. The molecule has 1 N–H and O–H groups in total. The molecule has 1 amide bonds. The third-order valence-corrected chi connectivity index (χ3v) is 4.57. The molecular formula is C13H22N2O2. The minimum Gasteiger partial charge on any atom is -0.379 e. The predicted molar refractivity (Wildman–Crippen MR) is 64.5 cm³/mol. The van der Waals surface area contributed by atoms with Crippen LogP contribution < -0.4 is 5.32 Å². The van der Waals surface area contributed by atoms with Crippen LogP contribution in [0.1, 0.15) is 45.4 Å². The first kappa shape index (κ1) is 11.5. The van der Waals surface area contributed by atoms with E-state index >= 15 is 0 Å². The minimum atomic E-state index is -0.219. The molecule has 96 valence electrons. The Kier molecular flexibility index (Phi) is 2.87. The van der Waals surface area contributed by atoms with E-state index < -0.39 is 0 Å². The molecule has 0 aromatic heterocycles. The molecule has 3 rings (SSSR count). The summed E-state index contributed by atoms with van der Waals surface area (Å²) in [5, 5.41) is 3.61. The quantitative estimate of drug-likeness (QED) is 0.787. The zero-order chi connectivity index (χ0) is 11.9. The Hall–Kier alpha value is -0.610. The van der Waals surface area contributed by atoms with E-state index in [1.54, 1.807) is 0 Å². The van der Waals surface area contributed by atoms with Gasteiger partial charge >= 0.3 is 0 Å². The highest BCUT2D eigenvalue weighted by molar-refractivity contribution is 5.89. The van der Waals surface area contributed by atoms with Crippen molar-refractivity contribution in [3.8, 4) is 0 Å². The lowest BCUT2D eigenvalue weighted by Gasteiger charge is -2.28. The van der Waals surface area contributed by atoms with Gasteiger partial charge in [0, 0.05) is 6.61 Å². The Morgan fingerprint density at radius 1 is 1.47 bits per heavy atom. The van der Waals surface area contributed by atoms with Crippen LogP contribution in [0.25, 0.3) is 0 Å². The van der Waals surface area contributed by atoms with E-state index in [2.05, 4.69) is 17.1 Å². The van der Waals surface area contributed by atoms with Crippen molar-refractivity contribution < 1.29 is 9.53 Å². The summed E-state index contributed by atoms with van der Waals surface area (Å²) in [4.78, 5) is 14.8. The molecule has 3 fully saturated rings. The van der Waals surface area contributed by atoms with Gasteiger partial charge in [-0.15, -0.1) is 0 Å². The maximum Gasteiger partial charge on any atom is 0.244 e. The van der Waals surface area contributed by atoms with E-state index in [-0.39, 0.29) is 11.7 Å². The van der Waals surface area contributed by atoms with Crippen molar-refractivity contribution in [3.63, 3.8) is 0 Å². The van der Waals surface area contributed by atoms with Crippen LogP contribution >= 0.6 is 0 Å². The van der Waals surface area contributed by atoms with Crippen LogP contribution in [0.5, 0.6) is 0 Å². The predicted octanol–water partition coefficient (Wildman–Crippen LogP) is 1.26. The van der Waals surface area contributed by atoms with Gasteiger partial charge < -0.3 is 9.64 Å². The average molecular weight is 238 g/mol. The van der Waals surface area contributed by atoms with Crippen molar-refractivity contribution >= 4 is 5.91 Å². The number of carbonyl (C=O) groups excluding carboxylic acids is 1. The van der Waals surface area contributed by atoms with Crippen molar-refractivity contribution in [1.82, 2.24) is 10.2 Å². The molecule has 2 unspecified atom stereocenters. The number of nitrogens with zero attached hydrogens (tertiary/aromatic N) is 1. The second kappa shape index (κ2) is 4.25. The van der Waals surface area contributed by atoms with Crippen molar-refractivity contribution in [2.24, 2.45) is 0 Å². The topological polar surface area (TPSA) is 41.6 Å². The van der Waals surface area contributed by atoms with Crippen LogP contribution in [0, 0.1) is 0 Å². The minimum absolute atomic E-state index is 0.219. The number of ether oxygens (including phenoxy) is 1. The molecule has 0 radical (unpaired) electrons. The molecule has 2 heterocycles. The first-order valence-corrected chi connectivity index (χ1v) is 6.95. The van der Waals surface area contributed by atoms with Crippen LogP contribution in [0.15, 0.2) is 0 Å². The summed E-state index contributed by atoms with van der Waals surface area (Å²) in [6.07, 6.45) is 6.63. The highest BCUT2D eigenvalue weighted by atomic mass is 16.5. The van der Waals surface area contributed by atoms with Gasteiger partial charge in [0.1, 0.15) is 0 Å². The van der Waals surface area contributed by atoms with E-state index in [0.29, 0.717) is 11.9 Å². The summed E-state index contributed by atoms with van der Waals surface area (Å²) in [5.41, 5.74) is -0.219. The summed E-state index contributed by atoms with van der Waals surface area (Å²) in [7, 11) is 0. The molecule has 0 aromatic carbocycles. The van der Waals surface area contributed by atoms with Crippen LogP contribution in [0.2, 0.25) is 0 Å². The molecule has 1 spiro atoms. The van der Waals surface area contributed by atoms with Gasteiger partial charge in [0.25, 0.3) is 0 Å². The summed E-state index contributed by atoms with van der Waals surface area (Å²) in [6.45, 7) is 3.68. The number of carbonyl (C=O) groups is 1. The summed E-state index contributed by atoms with van der Waals surface area (Å²) in [5.74, 6) is 0.345. The van der Waals surface area contributed by atoms with Crippen molar-refractivity contribution in [2.45, 2.75) is 63.2 Å². The Bertz CT molecular complexity index is 307. The second-order valence-corrected chi connectivity index (χ2v) is 5.59. The summed E-state index contributed by atoms with van der Waals surface area (Å²) >= 11 is 0. The summed E-state index contributed by atoms with van der Waals surface area (Å²) < 4.78 is 5.44. The molecular weight excluding hydrogens is 216 g/mol. The first-order chi connectivity index (χ1) is 8.27. The smallest absolute Gasteiger partial charge is 0.244 e. The van der Waals surface area contributed by atoms with E-state index in [4.69, 9.17) is 4.74 Å². The number of nitrogens with one attached hydrogen (secondary N) is 1. The van der Waals surface area contributed by atoms with Crippen LogP contribution in [-0.4, -0.2) is 41.8 Å². The molecule has 0 aromatic rings. The standard InChI is InChI=1S/C13H22N2O2/c1-2-11-14-13(6-3-4-7-13)12(16)15(11)10-5-8-17-9-10/h10-11,14H,2-9H2,1H3. The maximum absolute atomic E-state index is 12.7. The molecule has 2 saturated heterocycles. The fourth-order valence-electron chi connectivity index (χ4n) is 3.64. The number of hydrogen-bond acceptors (Lipinski definition) is 3. The molecule has 4 heteroatoms. The highest BCUT2D eigenvalue weighted by Crippen LogP contribution is 2.38. The third kappa shape index (κ3) is 1.69. The number of hydrogen-bond donors (Lipinski definition) is 1. The highest BCUT2D eigenvalue weighted by Gasteiger charge is 2.53. The van der Waals surface area contributed by atoms with Crippen molar-refractivity contribution in [1.29, 1.82) is 0 Å². The lowest BCUT2D eigenvalue weighted by Crippen LogP contribution is -2.46. The first-order valence-electron chi connectivity index (χ1n) is 6.95. The Morgan fingerprint density at radius 3 is 2.82 bits per heavy atom. The fraction of sp³-hybridized carbons (Fsp3) is 0.923. The van der Waals surface area contributed by atoms with Crippen LogP contribution in [0.3, 0.4) is 0 Å². The van der Waals surface area contributed by atoms with E-state index in [9.17, 15) is 4.79 Å².